The Morgan fingerprint density at radius 2 is 1.55 bits per heavy atom. The monoisotopic (exact) mass is 294 g/mol. The van der Waals surface area contributed by atoms with Gasteiger partial charge in [-0.05, 0) is 34.8 Å². The molecule has 0 fully saturated rings. The van der Waals surface area contributed by atoms with Crippen molar-refractivity contribution in [2.45, 2.75) is 26.2 Å². The molecule has 2 heteroatoms. The summed E-state index contributed by atoms with van der Waals surface area (Å²) in [4.78, 5) is 12.2. The van der Waals surface area contributed by atoms with E-state index < -0.39 is 0 Å². The molecular formula is C20H22O2. The predicted molar refractivity (Wildman–Crippen MR) is 91.5 cm³/mol. The van der Waals surface area contributed by atoms with Crippen LogP contribution in [0, 0.1) is 0 Å². The zero-order chi connectivity index (χ0) is 16.2. The van der Waals surface area contributed by atoms with Crippen LogP contribution in [0.4, 0.5) is 0 Å². The van der Waals surface area contributed by atoms with Gasteiger partial charge in [0.2, 0.25) is 0 Å². The number of hydrogen-bond donors (Lipinski definition) is 0. The first-order chi connectivity index (χ1) is 10.4. The third kappa shape index (κ3) is 4.08. The molecule has 22 heavy (non-hydrogen) atoms. The third-order valence-corrected chi connectivity index (χ3v) is 3.58. The van der Waals surface area contributed by atoms with Gasteiger partial charge >= 0.3 is 0 Å². The molecule has 2 rings (SSSR count). The van der Waals surface area contributed by atoms with E-state index in [1.54, 1.807) is 13.2 Å². The molecule has 0 unspecified atom stereocenters. The Labute approximate surface area is 132 Å². The van der Waals surface area contributed by atoms with E-state index in [0.29, 0.717) is 5.56 Å². The normalized spacial score (nSPS) is 11.6. The molecule has 0 aliphatic carbocycles. The topological polar surface area (TPSA) is 26.3 Å². The minimum Gasteiger partial charge on any atom is -0.497 e. The molecule has 0 heterocycles. The summed E-state index contributed by atoms with van der Waals surface area (Å²) in [5.74, 6) is 0.817. The van der Waals surface area contributed by atoms with Gasteiger partial charge in [0.1, 0.15) is 5.75 Å². The Morgan fingerprint density at radius 1 is 0.955 bits per heavy atom. The Balaban J connectivity index is 2.09. The summed E-state index contributed by atoms with van der Waals surface area (Å²) in [5, 5.41) is 0. The van der Waals surface area contributed by atoms with Crippen molar-refractivity contribution >= 4 is 11.9 Å². The van der Waals surface area contributed by atoms with Gasteiger partial charge in [0.15, 0.2) is 5.78 Å². The number of carbonyl (C=O) groups is 1. The molecule has 2 nitrogen and oxygen atoms in total. The molecule has 0 amide bonds. The number of benzene rings is 2. The number of ether oxygens (including phenoxy) is 1. The van der Waals surface area contributed by atoms with Crippen LogP contribution in [0.1, 0.15) is 42.3 Å². The van der Waals surface area contributed by atoms with E-state index in [4.69, 9.17) is 4.74 Å². The quantitative estimate of drug-likeness (QED) is 0.593. The van der Waals surface area contributed by atoms with Gasteiger partial charge in [-0.25, -0.2) is 0 Å². The van der Waals surface area contributed by atoms with Gasteiger partial charge in [0, 0.05) is 5.56 Å². The minimum atomic E-state index is 0.0104. The van der Waals surface area contributed by atoms with Crippen LogP contribution in [0.3, 0.4) is 0 Å². The minimum absolute atomic E-state index is 0.0104. The Bertz CT molecular complexity index is 656. The molecule has 0 atom stereocenters. The van der Waals surface area contributed by atoms with Crippen molar-refractivity contribution in [1.29, 1.82) is 0 Å². The first-order valence-electron chi connectivity index (χ1n) is 7.37. The third-order valence-electron chi connectivity index (χ3n) is 3.58. The second-order valence-electron chi connectivity index (χ2n) is 6.30. The lowest BCUT2D eigenvalue weighted by atomic mass is 9.86. The van der Waals surface area contributed by atoms with E-state index in [9.17, 15) is 4.79 Å². The summed E-state index contributed by atoms with van der Waals surface area (Å²) < 4.78 is 5.11. The van der Waals surface area contributed by atoms with Gasteiger partial charge in [-0.3, -0.25) is 4.79 Å². The standard InChI is InChI=1S/C20H22O2/c1-20(2,3)17-10-8-16(9-11-17)19(21)14-7-15-5-12-18(22-4)13-6-15/h5-14H,1-4H3/b14-7-. The average molecular weight is 294 g/mol. The lowest BCUT2D eigenvalue weighted by Crippen LogP contribution is -2.11. The van der Waals surface area contributed by atoms with E-state index in [1.165, 1.54) is 5.56 Å². The van der Waals surface area contributed by atoms with Crippen LogP contribution < -0.4 is 4.74 Å². The van der Waals surface area contributed by atoms with Crippen molar-refractivity contribution in [2.24, 2.45) is 0 Å². The molecule has 0 bridgehead atoms. The zero-order valence-electron chi connectivity index (χ0n) is 13.6. The van der Waals surface area contributed by atoms with Crippen LogP contribution in [0.2, 0.25) is 0 Å². The summed E-state index contributed by atoms with van der Waals surface area (Å²) in [6, 6.07) is 15.4. The van der Waals surface area contributed by atoms with E-state index in [1.807, 2.05) is 54.6 Å². The van der Waals surface area contributed by atoms with Gasteiger partial charge in [-0.2, -0.15) is 0 Å². The highest BCUT2D eigenvalue weighted by atomic mass is 16.5. The van der Waals surface area contributed by atoms with Crippen molar-refractivity contribution in [3.05, 3.63) is 71.3 Å². The smallest absolute Gasteiger partial charge is 0.185 e. The largest absolute Gasteiger partial charge is 0.497 e. The Morgan fingerprint density at radius 3 is 2.05 bits per heavy atom. The van der Waals surface area contributed by atoms with Crippen LogP contribution in [-0.4, -0.2) is 12.9 Å². The SMILES string of the molecule is COc1ccc(/C=C\C(=O)c2ccc(C(C)(C)C)cc2)cc1. The van der Waals surface area contributed by atoms with Crippen molar-refractivity contribution in [3.63, 3.8) is 0 Å². The fraction of sp³-hybridized carbons (Fsp3) is 0.250. The second-order valence-corrected chi connectivity index (χ2v) is 6.30. The van der Waals surface area contributed by atoms with Crippen LogP contribution in [0.5, 0.6) is 5.75 Å². The summed E-state index contributed by atoms with van der Waals surface area (Å²) in [5.41, 5.74) is 3.00. The number of ketones is 1. The molecule has 0 aromatic heterocycles. The van der Waals surface area contributed by atoms with Gasteiger partial charge in [0.25, 0.3) is 0 Å². The van der Waals surface area contributed by atoms with Gasteiger partial charge in [0.05, 0.1) is 7.11 Å². The van der Waals surface area contributed by atoms with Crippen molar-refractivity contribution in [3.8, 4) is 5.75 Å². The van der Waals surface area contributed by atoms with E-state index in [2.05, 4.69) is 20.8 Å². The molecule has 0 aliphatic heterocycles. The fourth-order valence-electron chi connectivity index (χ4n) is 2.12. The molecule has 0 aliphatic rings. The van der Waals surface area contributed by atoms with Gasteiger partial charge < -0.3 is 4.74 Å². The number of allylic oxidation sites excluding steroid dienone is 1. The molecule has 114 valence electrons. The second kappa shape index (κ2) is 6.61. The van der Waals surface area contributed by atoms with Crippen molar-refractivity contribution < 1.29 is 9.53 Å². The molecule has 2 aromatic rings. The number of rotatable bonds is 4. The van der Waals surface area contributed by atoms with Crippen LogP contribution in [0.15, 0.2) is 54.6 Å². The highest BCUT2D eigenvalue weighted by Crippen LogP contribution is 2.22. The van der Waals surface area contributed by atoms with E-state index >= 15 is 0 Å². The maximum Gasteiger partial charge on any atom is 0.185 e. The number of carbonyl (C=O) groups excluding carboxylic acids is 1. The van der Waals surface area contributed by atoms with Crippen molar-refractivity contribution in [2.75, 3.05) is 7.11 Å². The number of hydrogen-bond acceptors (Lipinski definition) is 2. The highest BCUT2D eigenvalue weighted by molar-refractivity contribution is 6.06. The molecule has 0 saturated heterocycles. The zero-order valence-corrected chi connectivity index (χ0v) is 13.6. The van der Waals surface area contributed by atoms with E-state index in [-0.39, 0.29) is 11.2 Å². The first-order valence-corrected chi connectivity index (χ1v) is 7.37. The Kier molecular flexibility index (Phi) is 4.81. The maximum atomic E-state index is 12.2. The maximum absolute atomic E-state index is 12.2. The lowest BCUT2D eigenvalue weighted by molar-refractivity contribution is 0.104. The van der Waals surface area contributed by atoms with Gasteiger partial charge in [-0.1, -0.05) is 63.2 Å². The van der Waals surface area contributed by atoms with Gasteiger partial charge in [-0.15, -0.1) is 0 Å². The number of methoxy groups -OCH3 is 1. The lowest BCUT2D eigenvalue weighted by Gasteiger charge is -2.18. The predicted octanol–water partition coefficient (Wildman–Crippen LogP) is 4.89. The summed E-state index contributed by atoms with van der Waals surface area (Å²) >= 11 is 0. The molecular weight excluding hydrogens is 272 g/mol. The highest BCUT2D eigenvalue weighted by Gasteiger charge is 2.13. The Hall–Kier alpha value is -2.35. The van der Waals surface area contributed by atoms with Crippen LogP contribution in [-0.2, 0) is 5.41 Å². The summed E-state index contributed by atoms with van der Waals surface area (Å²) in [7, 11) is 1.63. The average Bonchev–Trinajstić information content (AvgIpc) is 2.52. The van der Waals surface area contributed by atoms with Crippen LogP contribution in [0.25, 0.3) is 6.08 Å². The van der Waals surface area contributed by atoms with Crippen molar-refractivity contribution in [1.82, 2.24) is 0 Å². The summed E-state index contributed by atoms with van der Waals surface area (Å²) in [6.45, 7) is 6.48. The first kappa shape index (κ1) is 16.0. The van der Waals surface area contributed by atoms with Crippen LogP contribution >= 0.6 is 0 Å². The molecule has 0 radical (unpaired) electrons. The fourth-order valence-corrected chi connectivity index (χ4v) is 2.12. The van der Waals surface area contributed by atoms with E-state index in [0.717, 1.165) is 11.3 Å². The molecule has 0 N–H and O–H groups in total. The molecule has 0 spiro atoms. The molecule has 0 saturated carbocycles. The summed E-state index contributed by atoms with van der Waals surface area (Å²) in [6.07, 6.45) is 3.42. The molecule has 2 aromatic carbocycles.